The van der Waals surface area contributed by atoms with Crippen LogP contribution in [0, 0.1) is 0 Å². The van der Waals surface area contributed by atoms with Crippen molar-refractivity contribution in [3.63, 3.8) is 0 Å². The largest absolute Gasteiger partial charge is 0.458 e. The molecule has 0 N–H and O–H groups in total. The van der Waals surface area contributed by atoms with E-state index in [0.29, 0.717) is 0 Å². The SMILES string of the molecule is Brc1ccc2oc(C(c3ccccc3)n3ccnc3)cc2c1. The fraction of sp³-hybridized carbons (Fsp3) is 0.0556. The van der Waals surface area contributed by atoms with Gasteiger partial charge in [0.15, 0.2) is 0 Å². The first kappa shape index (κ1) is 13.3. The van der Waals surface area contributed by atoms with Crippen LogP contribution >= 0.6 is 15.9 Å². The molecule has 1 atom stereocenters. The molecule has 0 radical (unpaired) electrons. The van der Waals surface area contributed by atoms with Gasteiger partial charge in [0.1, 0.15) is 17.4 Å². The van der Waals surface area contributed by atoms with Crippen molar-refractivity contribution in [3.8, 4) is 0 Å². The molecule has 108 valence electrons. The normalized spacial score (nSPS) is 12.6. The van der Waals surface area contributed by atoms with Gasteiger partial charge in [-0.3, -0.25) is 0 Å². The van der Waals surface area contributed by atoms with E-state index < -0.39 is 0 Å². The second kappa shape index (κ2) is 5.46. The minimum atomic E-state index is -0.0186. The number of benzene rings is 2. The molecule has 0 aliphatic heterocycles. The summed E-state index contributed by atoms with van der Waals surface area (Å²) in [5.74, 6) is 0.900. The highest BCUT2D eigenvalue weighted by Gasteiger charge is 2.20. The molecule has 2 aromatic carbocycles. The zero-order valence-electron chi connectivity index (χ0n) is 11.7. The summed E-state index contributed by atoms with van der Waals surface area (Å²) in [7, 11) is 0. The van der Waals surface area contributed by atoms with E-state index >= 15 is 0 Å². The number of fused-ring (bicyclic) bond motifs is 1. The molecule has 2 heterocycles. The van der Waals surface area contributed by atoms with E-state index in [0.717, 1.165) is 21.2 Å². The van der Waals surface area contributed by atoms with E-state index in [4.69, 9.17) is 4.42 Å². The van der Waals surface area contributed by atoms with Crippen molar-refractivity contribution in [3.05, 3.63) is 89.1 Å². The topological polar surface area (TPSA) is 31.0 Å². The first-order valence-electron chi connectivity index (χ1n) is 7.02. The van der Waals surface area contributed by atoms with Crippen LogP contribution in [0.5, 0.6) is 0 Å². The molecule has 0 aliphatic carbocycles. The second-order valence-electron chi connectivity index (χ2n) is 5.15. The van der Waals surface area contributed by atoms with Crippen LogP contribution in [0.15, 0.2) is 82.2 Å². The molecule has 4 heteroatoms. The third-order valence-corrected chi connectivity index (χ3v) is 4.20. The Kier molecular flexibility index (Phi) is 3.31. The molecule has 0 fully saturated rings. The Bertz CT molecular complexity index is 897. The molecule has 0 spiro atoms. The highest BCUT2D eigenvalue weighted by atomic mass is 79.9. The molecule has 1 unspecified atom stereocenters. The minimum Gasteiger partial charge on any atom is -0.458 e. The molecule has 3 nitrogen and oxygen atoms in total. The number of aromatic nitrogens is 2. The fourth-order valence-corrected chi connectivity index (χ4v) is 3.09. The number of rotatable bonds is 3. The molecular formula is C18H13BrN2O. The second-order valence-corrected chi connectivity index (χ2v) is 6.07. The molecule has 0 saturated carbocycles. The van der Waals surface area contributed by atoms with Crippen molar-refractivity contribution >= 4 is 26.9 Å². The summed E-state index contributed by atoms with van der Waals surface area (Å²) in [5.41, 5.74) is 2.05. The van der Waals surface area contributed by atoms with E-state index in [1.807, 2.05) is 42.9 Å². The van der Waals surface area contributed by atoms with Crippen molar-refractivity contribution in [1.82, 2.24) is 9.55 Å². The number of hydrogen-bond donors (Lipinski definition) is 0. The Morgan fingerprint density at radius 1 is 1.05 bits per heavy atom. The van der Waals surface area contributed by atoms with Crippen molar-refractivity contribution in [1.29, 1.82) is 0 Å². The van der Waals surface area contributed by atoms with E-state index in [-0.39, 0.29) is 6.04 Å². The number of furan rings is 1. The molecule has 0 saturated heterocycles. The van der Waals surface area contributed by atoms with Gasteiger partial charge in [0.2, 0.25) is 0 Å². The van der Waals surface area contributed by atoms with Gasteiger partial charge in [-0.25, -0.2) is 4.98 Å². The van der Waals surface area contributed by atoms with Gasteiger partial charge >= 0.3 is 0 Å². The predicted molar refractivity (Wildman–Crippen MR) is 89.8 cm³/mol. The van der Waals surface area contributed by atoms with Crippen molar-refractivity contribution < 1.29 is 4.42 Å². The molecule has 4 aromatic rings. The molecule has 0 aliphatic rings. The molecule has 22 heavy (non-hydrogen) atoms. The van der Waals surface area contributed by atoms with E-state index in [1.54, 1.807) is 6.20 Å². The first-order chi connectivity index (χ1) is 10.8. The van der Waals surface area contributed by atoms with Crippen LogP contribution in [0.25, 0.3) is 11.0 Å². The molecule has 4 rings (SSSR count). The molecule has 0 amide bonds. The fourth-order valence-electron chi connectivity index (χ4n) is 2.71. The summed E-state index contributed by atoms with van der Waals surface area (Å²) in [6, 6.07) is 18.4. The highest BCUT2D eigenvalue weighted by molar-refractivity contribution is 9.10. The van der Waals surface area contributed by atoms with E-state index in [9.17, 15) is 0 Å². The Morgan fingerprint density at radius 3 is 2.68 bits per heavy atom. The lowest BCUT2D eigenvalue weighted by atomic mass is 10.0. The minimum absolute atomic E-state index is 0.0186. The summed E-state index contributed by atoms with van der Waals surface area (Å²) in [5, 5.41) is 1.09. The van der Waals surface area contributed by atoms with Crippen LogP contribution < -0.4 is 0 Å². The maximum atomic E-state index is 6.09. The Balaban J connectivity index is 1.89. The lowest BCUT2D eigenvalue weighted by Gasteiger charge is -2.16. The monoisotopic (exact) mass is 352 g/mol. The van der Waals surface area contributed by atoms with Gasteiger partial charge in [0.05, 0.1) is 6.33 Å². The van der Waals surface area contributed by atoms with E-state index in [2.05, 4.69) is 49.7 Å². The number of imidazole rings is 1. The van der Waals surface area contributed by atoms with Gasteiger partial charge in [-0.1, -0.05) is 46.3 Å². The average Bonchev–Trinajstić information content (AvgIpc) is 3.18. The van der Waals surface area contributed by atoms with Crippen LogP contribution in [-0.4, -0.2) is 9.55 Å². The van der Waals surface area contributed by atoms with Crippen LogP contribution in [0.4, 0.5) is 0 Å². The summed E-state index contributed by atoms with van der Waals surface area (Å²) in [4.78, 5) is 4.18. The summed E-state index contributed by atoms with van der Waals surface area (Å²) in [6.45, 7) is 0. The van der Waals surface area contributed by atoms with Crippen LogP contribution in [-0.2, 0) is 0 Å². The highest BCUT2D eigenvalue weighted by Crippen LogP contribution is 2.32. The zero-order chi connectivity index (χ0) is 14.9. The van der Waals surface area contributed by atoms with Gasteiger partial charge < -0.3 is 8.98 Å². The van der Waals surface area contributed by atoms with Gasteiger partial charge in [-0.2, -0.15) is 0 Å². The third kappa shape index (κ3) is 2.35. The maximum Gasteiger partial charge on any atom is 0.134 e. The number of halogens is 1. The number of hydrogen-bond acceptors (Lipinski definition) is 2. The standard InChI is InChI=1S/C18H13BrN2O/c19-15-6-7-16-14(10-15)11-17(22-16)18(21-9-8-20-12-21)13-4-2-1-3-5-13/h1-12,18H. The molecular weight excluding hydrogens is 340 g/mol. The smallest absolute Gasteiger partial charge is 0.134 e. The van der Waals surface area contributed by atoms with Crippen molar-refractivity contribution in [2.45, 2.75) is 6.04 Å². The van der Waals surface area contributed by atoms with Gasteiger partial charge in [0.25, 0.3) is 0 Å². The van der Waals surface area contributed by atoms with Gasteiger partial charge in [-0.05, 0) is 29.8 Å². The van der Waals surface area contributed by atoms with Crippen LogP contribution in [0.2, 0.25) is 0 Å². The lowest BCUT2D eigenvalue weighted by molar-refractivity contribution is 0.487. The van der Waals surface area contributed by atoms with Crippen molar-refractivity contribution in [2.24, 2.45) is 0 Å². The number of nitrogens with zero attached hydrogens (tertiary/aromatic N) is 2. The van der Waals surface area contributed by atoms with Gasteiger partial charge in [0, 0.05) is 22.3 Å². The summed E-state index contributed by atoms with van der Waals surface area (Å²) >= 11 is 3.51. The zero-order valence-corrected chi connectivity index (χ0v) is 13.3. The van der Waals surface area contributed by atoms with Crippen LogP contribution in [0.1, 0.15) is 17.4 Å². The predicted octanol–water partition coefficient (Wildman–Crippen LogP) is 5.03. The summed E-state index contributed by atoms with van der Waals surface area (Å²) < 4.78 is 9.20. The average molecular weight is 353 g/mol. The molecule has 2 aromatic heterocycles. The third-order valence-electron chi connectivity index (χ3n) is 3.71. The Morgan fingerprint density at radius 2 is 1.91 bits per heavy atom. The Hall–Kier alpha value is -2.33. The lowest BCUT2D eigenvalue weighted by Crippen LogP contribution is -2.09. The Labute approximate surface area is 136 Å². The van der Waals surface area contributed by atoms with E-state index in [1.165, 1.54) is 5.56 Å². The maximum absolute atomic E-state index is 6.09. The van der Waals surface area contributed by atoms with Crippen LogP contribution in [0.3, 0.4) is 0 Å². The van der Waals surface area contributed by atoms with Crippen molar-refractivity contribution in [2.75, 3.05) is 0 Å². The quantitative estimate of drug-likeness (QED) is 0.517. The van der Waals surface area contributed by atoms with Gasteiger partial charge in [-0.15, -0.1) is 0 Å². The first-order valence-corrected chi connectivity index (χ1v) is 7.82. The summed E-state index contributed by atoms with van der Waals surface area (Å²) in [6.07, 6.45) is 5.57. The molecule has 0 bridgehead atoms.